The molecule has 1 aromatic rings. The van der Waals surface area contributed by atoms with Crippen LogP contribution in [0, 0.1) is 11.7 Å². The second kappa shape index (κ2) is 5.85. The Labute approximate surface area is 96.7 Å². The van der Waals surface area contributed by atoms with Crippen molar-refractivity contribution in [1.29, 1.82) is 0 Å². The zero-order valence-corrected chi connectivity index (χ0v) is 10.2. The van der Waals surface area contributed by atoms with Gasteiger partial charge in [-0.2, -0.15) is 0 Å². The first kappa shape index (κ1) is 13.0. The molecule has 0 aromatic heterocycles. The van der Waals surface area contributed by atoms with Crippen LogP contribution in [0.2, 0.25) is 0 Å². The van der Waals surface area contributed by atoms with Gasteiger partial charge in [0.2, 0.25) is 0 Å². The molecule has 1 aromatic carbocycles. The van der Waals surface area contributed by atoms with E-state index >= 15 is 0 Å². The topological polar surface area (TPSA) is 23.5 Å². The van der Waals surface area contributed by atoms with Gasteiger partial charge in [0.25, 0.3) is 0 Å². The summed E-state index contributed by atoms with van der Waals surface area (Å²) in [7, 11) is 0. The Morgan fingerprint density at radius 1 is 1.38 bits per heavy atom. The molecule has 0 radical (unpaired) electrons. The minimum Gasteiger partial charge on any atom is -0.508 e. The molecule has 90 valence electrons. The number of rotatable bonds is 5. The molecular weight excluding hydrogens is 205 g/mol. The Kier molecular flexibility index (Phi) is 4.74. The Bertz CT molecular complexity index is 339. The Hall–Kier alpha value is -1.09. The zero-order chi connectivity index (χ0) is 12.1. The number of hydrogen-bond acceptors (Lipinski definition) is 2. The van der Waals surface area contributed by atoms with Crippen molar-refractivity contribution in [2.75, 3.05) is 13.1 Å². The van der Waals surface area contributed by atoms with Crippen LogP contribution in [0.5, 0.6) is 5.75 Å². The highest BCUT2D eigenvalue weighted by Gasteiger charge is 2.09. The van der Waals surface area contributed by atoms with Gasteiger partial charge in [0.05, 0.1) is 0 Å². The molecule has 0 aliphatic carbocycles. The first-order valence-electron chi connectivity index (χ1n) is 5.72. The molecule has 0 saturated heterocycles. The van der Waals surface area contributed by atoms with Crippen molar-refractivity contribution >= 4 is 0 Å². The molecule has 1 N–H and O–H groups in total. The standard InChI is InChI=1S/C13H20FNO/c1-4-15(8-10(2)3)9-11-7-12(14)5-6-13(11)16/h5-7,10,16H,4,8-9H2,1-3H3. The van der Waals surface area contributed by atoms with Crippen LogP contribution in [0.4, 0.5) is 4.39 Å². The van der Waals surface area contributed by atoms with Crippen molar-refractivity contribution in [3.05, 3.63) is 29.6 Å². The molecule has 0 heterocycles. The molecule has 3 heteroatoms. The summed E-state index contributed by atoms with van der Waals surface area (Å²) in [4.78, 5) is 2.19. The van der Waals surface area contributed by atoms with Gasteiger partial charge in [-0.3, -0.25) is 4.90 Å². The highest BCUT2D eigenvalue weighted by atomic mass is 19.1. The lowest BCUT2D eigenvalue weighted by atomic mass is 10.1. The molecule has 0 saturated carbocycles. The highest BCUT2D eigenvalue weighted by Crippen LogP contribution is 2.20. The van der Waals surface area contributed by atoms with E-state index in [0.29, 0.717) is 18.0 Å². The lowest BCUT2D eigenvalue weighted by Gasteiger charge is -2.22. The van der Waals surface area contributed by atoms with Crippen LogP contribution in [-0.2, 0) is 6.54 Å². The Morgan fingerprint density at radius 2 is 2.06 bits per heavy atom. The second-order valence-corrected chi connectivity index (χ2v) is 4.49. The fourth-order valence-electron chi connectivity index (χ4n) is 1.74. The number of phenols is 1. The first-order chi connectivity index (χ1) is 7.52. The third-order valence-electron chi connectivity index (χ3n) is 2.51. The van der Waals surface area contributed by atoms with Crippen molar-refractivity contribution in [3.63, 3.8) is 0 Å². The van der Waals surface area contributed by atoms with Gasteiger partial charge in [0.15, 0.2) is 0 Å². The number of halogens is 1. The molecule has 16 heavy (non-hydrogen) atoms. The maximum atomic E-state index is 13.0. The van der Waals surface area contributed by atoms with Crippen LogP contribution < -0.4 is 0 Å². The first-order valence-corrected chi connectivity index (χ1v) is 5.72. The van der Waals surface area contributed by atoms with Crippen molar-refractivity contribution in [3.8, 4) is 5.75 Å². The fraction of sp³-hybridized carbons (Fsp3) is 0.538. The average Bonchev–Trinajstić information content (AvgIpc) is 2.21. The third kappa shape index (κ3) is 3.81. The molecule has 0 amide bonds. The van der Waals surface area contributed by atoms with E-state index in [9.17, 15) is 9.50 Å². The van der Waals surface area contributed by atoms with Crippen molar-refractivity contribution in [2.45, 2.75) is 27.3 Å². The quantitative estimate of drug-likeness (QED) is 0.832. The number of hydrogen-bond donors (Lipinski definition) is 1. The summed E-state index contributed by atoms with van der Waals surface area (Å²) in [5, 5.41) is 9.62. The van der Waals surface area contributed by atoms with Gasteiger partial charge in [-0.15, -0.1) is 0 Å². The average molecular weight is 225 g/mol. The predicted molar refractivity (Wildman–Crippen MR) is 63.9 cm³/mol. The zero-order valence-electron chi connectivity index (χ0n) is 10.2. The van der Waals surface area contributed by atoms with Crippen LogP contribution in [0.25, 0.3) is 0 Å². The number of benzene rings is 1. The molecule has 2 nitrogen and oxygen atoms in total. The summed E-state index contributed by atoms with van der Waals surface area (Å²) >= 11 is 0. The number of phenolic OH excluding ortho intramolecular Hbond substituents is 1. The highest BCUT2D eigenvalue weighted by molar-refractivity contribution is 5.32. The summed E-state index contributed by atoms with van der Waals surface area (Å²) in [6.45, 7) is 8.81. The Balaban J connectivity index is 2.73. The van der Waals surface area contributed by atoms with E-state index in [2.05, 4.69) is 25.7 Å². The summed E-state index contributed by atoms with van der Waals surface area (Å²) in [6, 6.07) is 4.09. The van der Waals surface area contributed by atoms with Gasteiger partial charge < -0.3 is 5.11 Å². The van der Waals surface area contributed by atoms with Gasteiger partial charge in [-0.1, -0.05) is 20.8 Å². The van der Waals surface area contributed by atoms with Gasteiger partial charge in [-0.25, -0.2) is 4.39 Å². The smallest absolute Gasteiger partial charge is 0.123 e. The lowest BCUT2D eigenvalue weighted by molar-refractivity contribution is 0.245. The molecule has 0 spiro atoms. The van der Waals surface area contributed by atoms with Crippen LogP contribution in [-0.4, -0.2) is 23.1 Å². The summed E-state index contributed by atoms with van der Waals surface area (Å²) in [6.07, 6.45) is 0. The molecule has 0 unspecified atom stereocenters. The molecule has 0 aliphatic rings. The van der Waals surface area contributed by atoms with E-state index in [1.54, 1.807) is 0 Å². The molecule has 0 atom stereocenters. The minimum atomic E-state index is -0.298. The number of aromatic hydroxyl groups is 1. The second-order valence-electron chi connectivity index (χ2n) is 4.49. The van der Waals surface area contributed by atoms with Crippen LogP contribution in [0.3, 0.4) is 0 Å². The van der Waals surface area contributed by atoms with Crippen LogP contribution >= 0.6 is 0 Å². The molecule has 0 aliphatic heterocycles. The van der Waals surface area contributed by atoms with E-state index in [0.717, 1.165) is 13.1 Å². The summed E-state index contributed by atoms with van der Waals surface area (Å²) in [5.74, 6) is 0.438. The van der Waals surface area contributed by atoms with Crippen molar-refractivity contribution < 1.29 is 9.50 Å². The van der Waals surface area contributed by atoms with Gasteiger partial charge in [0, 0.05) is 18.7 Å². The van der Waals surface area contributed by atoms with E-state index in [1.807, 2.05) is 0 Å². The van der Waals surface area contributed by atoms with Crippen molar-refractivity contribution in [1.82, 2.24) is 4.90 Å². The third-order valence-corrected chi connectivity index (χ3v) is 2.51. The SMILES string of the molecule is CCN(Cc1cc(F)ccc1O)CC(C)C. The van der Waals surface area contributed by atoms with E-state index in [-0.39, 0.29) is 11.6 Å². The van der Waals surface area contributed by atoms with Gasteiger partial charge in [0.1, 0.15) is 11.6 Å². The predicted octanol–water partition coefficient (Wildman–Crippen LogP) is 3.01. The van der Waals surface area contributed by atoms with E-state index < -0.39 is 0 Å². The van der Waals surface area contributed by atoms with Gasteiger partial charge in [-0.05, 0) is 30.7 Å². The molecule has 0 fully saturated rings. The molecule has 0 bridgehead atoms. The Morgan fingerprint density at radius 3 is 2.62 bits per heavy atom. The van der Waals surface area contributed by atoms with Crippen molar-refractivity contribution in [2.24, 2.45) is 5.92 Å². The monoisotopic (exact) mass is 225 g/mol. The maximum absolute atomic E-state index is 13.0. The largest absolute Gasteiger partial charge is 0.508 e. The van der Waals surface area contributed by atoms with Gasteiger partial charge >= 0.3 is 0 Å². The normalized spacial score (nSPS) is 11.4. The lowest BCUT2D eigenvalue weighted by Crippen LogP contribution is -2.27. The fourth-order valence-corrected chi connectivity index (χ4v) is 1.74. The number of nitrogens with zero attached hydrogens (tertiary/aromatic N) is 1. The van der Waals surface area contributed by atoms with E-state index in [4.69, 9.17) is 0 Å². The summed E-state index contributed by atoms with van der Waals surface area (Å²) < 4.78 is 13.0. The van der Waals surface area contributed by atoms with Crippen LogP contribution in [0.1, 0.15) is 26.3 Å². The summed E-state index contributed by atoms with van der Waals surface area (Å²) in [5.41, 5.74) is 0.655. The van der Waals surface area contributed by atoms with Crippen LogP contribution in [0.15, 0.2) is 18.2 Å². The maximum Gasteiger partial charge on any atom is 0.123 e. The minimum absolute atomic E-state index is 0.170. The van der Waals surface area contributed by atoms with E-state index in [1.165, 1.54) is 18.2 Å². The molecule has 1 rings (SSSR count). The molecular formula is C13H20FNO.